The first-order valence-corrected chi connectivity index (χ1v) is 7.89. The minimum Gasteiger partial charge on any atom is -0.324 e. The molecule has 0 saturated carbocycles. The number of nitrogens with one attached hydrogen (secondary N) is 2. The number of aromatic nitrogens is 2. The summed E-state index contributed by atoms with van der Waals surface area (Å²) in [5, 5.41) is 5.26. The SMILES string of the molecule is CC(=O)c1ccc(Nc2ncc(C(=O)Nc3ccc(F)cc3F)cn2)cc1. The fraction of sp³-hybridized carbons (Fsp3) is 0.0526. The Hall–Kier alpha value is -3.68. The lowest BCUT2D eigenvalue weighted by Crippen LogP contribution is -2.14. The summed E-state index contributed by atoms with van der Waals surface area (Å²) in [6.45, 7) is 1.48. The van der Waals surface area contributed by atoms with Crippen molar-refractivity contribution in [3.8, 4) is 0 Å². The highest BCUT2D eigenvalue weighted by Crippen LogP contribution is 2.17. The quantitative estimate of drug-likeness (QED) is 0.666. The molecule has 8 heteroatoms. The second-order valence-electron chi connectivity index (χ2n) is 5.63. The van der Waals surface area contributed by atoms with E-state index in [0.717, 1.165) is 12.1 Å². The first-order chi connectivity index (χ1) is 12.9. The van der Waals surface area contributed by atoms with Crippen LogP contribution in [0.2, 0.25) is 0 Å². The van der Waals surface area contributed by atoms with E-state index in [1.807, 2.05) is 0 Å². The van der Waals surface area contributed by atoms with Crippen LogP contribution in [0.15, 0.2) is 54.9 Å². The van der Waals surface area contributed by atoms with Crippen molar-refractivity contribution in [1.82, 2.24) is 9.97 Å². The fourth-order valence-electron chi connectivity index (χ4n) is 2.21. The molecule has 0 saturated heterocycles. The summed E-state index contributed by atoms with van der Waals surface area (Å²) in [5.41, 5.74) is 1.22. The van der Waals surface area contributed by atoms with Gasteiger partial charge in [-0.3, -0.25) is 9.59 Å². The lowest BCUT2D eigenvalue weighted by molar-refractivity contribution is 0.101. The van der Waals surface area contributed by atoms with Gasteiger partial charge in [-0.25, -0.2) is 18.7 Å². The zero-order chi connectivity index (χ0) is 19.4. The van der Waals surface area contributed by atoms with Crippen molar-refractivity contribution in [2.45, 2.75) is 6.92 Å². The zero-order valence-electron chi connectivity index (χ0n) is 14.2. The summed E-state index contributed by atoms with van der Waals surface area (Å²) >= 11 is 0. The molecule has 0 atom stereocenters. The maximum Gasteiger partial charge on any atom is 0.258 e. The molecule has 1 aromatic heterocycles. The van der Waals surface area contributed by atoms with Crippen molar-refractivity contribution in [2.24, 2.45) is 0 Å². The van der Waals surface area contributed by atoms with Crippen LogP contribution in [-0.4, -0.2) is 21.7 Å². The number of carbonyl (C=O) groups excluding carboxylic acids is 2. The molecule has 2 aromatic carbocycles. The normalized spacial score (nSPS) is 10.3. The number of nitrogens with zero attached hydrogens (tertiary/aromatic N) is 2. The summed E-state index contributed by atoms with van der Waals surface area (Å²) in [4.78, 5) is 31.4. The molecule has 1 heterocycles. The van der Waals surface area contributed by atoms with Gasteiger partial charge < -0.3 is 10.6 Å². The largest absolute Gasteiger partial charge is 0.324 e. The van der Waals surface area contributed by atoms with Gasteiger partial charge in [0.1, 0.15) is 11.6 Å². The fourth-order valence-corrected chi connectivity index (χ4v) is 2.21. The van der Waals surface area contributed by atoms with Gasteiger partial charge in [-0.05, 0) is 43.3 Å². The molecule has 0 bridgehead atoms. The summed E-state index contributed by atoms with van der Waals surface area (Å²) in [6, 6.07) is 9.60. The molecule has 1 amide bonds. The molecule has 27 heavy (non-hydrogen) atoms. The van der Waals surface area contributed by atoms with E-state index in [1.54, 1.807) is 24.3 Å². The average Bonchev–Trinajstić information content (AvgIpc) is 2.65. The molecule has 0 aliphatic carbocycles. The molecule has 3 aromatic rings. The highest BCUT2D eigenvalue weighted by atomic mass is 19.1. The lowest BCUT2D eigenvalue weighted by Gasteiger charge is -2.08. The number of anilines is 3. The van der Waals surface area contributed by atoms with Gasteiger partial charge >= 0.3 is 0 Å². The molecule has 0 spiro atoms. The van der Waals surface area contributed by atoms with Gasteiger partial charge in [0.05, 0.1) is 11.3 Å². The number of amides is 1. The second kappa shape index (κ2) is 7.69. The second-order valence-corrected chi connectivity index (χ2v) is 5.63. The number of hydrogen-bond acceptors (Lipinski definition) is 5. The molecular formula is C19H14F2N4O2. The Kier molecular flexibility index (Phi) is 5.16. The number of halogens is 2. The van der Waals surface area contributed by atoms with E-state index in [2.05, 4.69) is 20.6 Å². The minimum atomic E-state index is -0.878. The van der Waals surface area contributed by atoms with Gasteiger partial charge in [0, 0.05) is 29.7 Å². The topological polar surface area (TPSA) is 84.0 Å². The number of Topliss-reactive ketones (excluding diaryl/α,β-unsaturated/α-hetero) is 1. The Morgan fingerprint density at radius 3 is 2.19 bits per heavy atom. The minimum absolute atomic E-state index is 0.0363. The molecule has 0 radical (unpaired) electrons. The van der Waals surface area contributed by atoms with Crippen molar-refractivity contribution in [3.05, 3.63) is 77.6 Å². The smallest absolute Gasteiger partial charge is 0.258 e. The molecule has 3 rings (SSSR count). The standard InChI is InChI=1S/C19H14F2N4O2/c1-11(26)12-2-5-15(6-3-12)24-19-22-9-13(10-23-19)18(27)25-17-7-4-14(20)8-16(17)21/h2-10H,1H3,(H,25,27)(H,22,23,24). The maximum atomic E-state index is 13.6. The number of rotatable bonds is 5. The average molecular weight is 368 g/mol. The lowest BCUT2D eigenvalue weighted by atomic mass is 10.1. The van der Waals surface area contributed by atoms with Gasteiger partial charge in [-0.15, -0.1) is 0 Å². The van der Waals surface area contributed by atoms with Crippen LogP contribution >= 0.6 is 0 Å². The van der Waals surface area contributed by atoms with E-state index in [9.17, 15) is 18.4 Å². The van der Waals surface area contributed by atoms with Gasteiger partial charge in [0.2, 0.25) is 5.95 Å². The summed E-state index contributed by atoms with van der Waals surface area (Å²) in [6.07, 6.45) is 2.55. The van der Waals surface area contributed by atoms with Crippen LogP contribution in [0, 0.1) is 11.6 Å². The van der Waals surface area contributed by atoms with Gasteiger partial charge in [0.15, 0.2) is 5.78 Å². The highest BCUT2D eigenvalue weighted by Gasteiger charge is 2.11. The molecule has 6 nitrogen and oxygen atoms in total. The summed E-state index contributed by atoms with van der Waals surface area (Å²) in [7, 11) is 0. The molecule has 0 unspecified atom stereocenters. The van der Waals surface area contributed by atoms with Crippen molar-refractivity contribution in [1.29, 1.82) is 0 Å². The van der Waals surface area contributed by atoms with Crippen LogP contribution in [0.4, 0.5) is 26.1 Å². The Labute approximate surface area is 153 Å². The third-order valence-electron chi connectivity index (χ3n) is 3.64. The van der Waals surface area contributed by atoms with Gasteiger partial charge in [-0.2, -0.15) is 0 Å². The molecular weight excluding hydrogens is 354 g/mol. The van der Waals surface area contributed by atoms with Crippen molar-refractivity contribution in [3.63, 3.8) is 0 Å². The Morgan fingerprint density at radius 1 is 0.926 bits per heavy atom. The van der Waals surface area contributed by atoms with E-state index in [1.165, 1.54) is 19.3 Å². The van der Waals surface area contributed by atoms with E-state index in [4.69, 9.17) is 0 Å². The number of benzene rings is 2. The van der Waals surface area contributed by atoms with Crippen LogP contribution < -0.4 is 10.6 Å². The van der Waals surface area contributed by atoms with Crippen molar-refractivity contribution in [2.75, 3.05) is 10.6 Å². The first kappa shape index (κ1) is 18.1. The van der Waals surface area contributed by atoms with Gasteiger partial charge in [-0.1, -0.05) is 0 Å². The predicted molar refractivity (Wildman–Crippen MR) is 96.1 cm³/mol. The van der Waals surface area contributed by atoms with E-state index < -0.39 is 17.5 Å². The molecule has 0 aliphatic rings. The van der Waals surface area contributed by atoms with Crippen LogP contribution in [0.1, 0.15) is 27.6 Å². The zero-order valence-corrected chi connectivity index (χ0v) is 14.2. The summed E-state index contributed by atoms with van der Waals surface area (Å²) < 4.78 is 26.5. The van der Waals surface area contributed by atoms with Crippen LogP contribution in [-0.2, 0) is 0 Å². The molecule has 0 fully saturated rings. The third-order valence-corrected chi connectivity index (χ3v) is 3.64. The van der Waals surface area contributed by atoms with Crippen LogP contribution in [0.25, 0.3) is 0 Å². The summed E-state index contributed by atoms with van der Waals surface area (Å²) in [5.74, 6) is -2.03. The highest BCUT2D eigenvalue weighted by molar-refractivity contribution is 6.04. The molecule has 136 valence electrons. The Balaban J connectivity index is 1.67. The monoisotopic (exact) mass is 368 g/mol. The number of ketones is 1. The van der Waals surface area contributed by atoms with Crippen molar-refractivity contribution >= 4 is 29.0 Å². The number of hydrogen-bond donors (Lipinski definition) is 2. The molecule has 0 aliphatic heterocycles. The van der Waals surface area contributed by atoms with Crippen molar-refractivity contribution < 1.29 is 18.4 Å². The Bertz CT molecular complexity index is 990. The van der Waals surface area contributed by atoms with E-state index in [-0.39, 0.29) is 23.0 Å². The number of carbonyl (C=O) groups is 2. The van der Waals surface area contributed by atoms with E-state index in [0.29, 0.717) is 17.3 Å². The van der Waals surface area contributed by atoms with Crippen LogP contribution in [0.3, 0.4) is 0 Å². The van der Waals surface area contributed by atoms with Crippen LogP contribution in [0.5, 0.6) is 0 Å². The maximum absolute atomic E-state index is 13.6. The predicted octanol–water partition coefficient (Wildman–Crippen LogP) is 3.95. The third kappa shape index (κ3) is 4.49. The van der Waals surface area contributed by atoms with E-state index >= 15 is 0 Å². The Morgan fingerprint density at radius 2 is 1.59 bits per heavy atom. The van der Waals surface area contributed by atoms with Gasteiger partial charge in [0.25, 0.3) is 5.91 Å². The first-order valence-electron chi connectivity index (χ1n) is 7.89. The molecule has 2 N–H and O–H groups in total.